The number of para-hydroxylation sites is 1. The van der Waals surface area contributed by atoms with Gasteiger partial charge < -0.3 is 19.5 Å². The van der Waals surface area contributed by atoms with Gasteiger partial charge in [0, 0.05) is 42.3 Å². The Bertz CT molecular complexity index is 1690. The van der Waals surface area contributed by atoms with Gasteiger partial charge >= 0.3 is 5.97 Å². The maximum atomic E-state index is 12.7. The fraction of sp³-hybridized carbons (Fsp3) is 0.471. The van der Waals surface area contributed by atoms with Gasteiger partial charge in [-0.3, -0.25) is 0 Å². The van der Waals surface area contributed by atoms with Crippen LogP contribution in [0.15, 0.2) is 48.7 Å². The molecule has 3 aliphatic heterocycles. The number of hydrogen-bond acceptors (Lipinski definition) is 8. The number of aromatic nitrogens is 4. The molecular weight excluding hydrogens is 574 g/mol. The van der Waals surface area contributed by atoms with Gasteiger partial charge in [0.15, 0.2) is 11.8 Å². The predicted octanol–water partition coefficient (Wildman–Crippen LogP) is 7.03. The van der Waals surface area contributed by atoms with Crippen molar-refractivity contribution < 1.29 is 19.4 Å². The predicted molar refractivity (Wildman–Crippen MR) is 173 cm³/mol. The lowest BCUT2D eigenvalue weighted by atomic mass is 9.76. The molecular formula is C34H41N5O4S. The minimum atomic E-state index is -1.19. The van der Waals surface area contributed by atoms with Gasteiger partial charge in [-0.05, 0) is 70.4 Å². The zero-order chi connectivity index (χ0) is 31.1. The van der Waals surface area contributed by atoms with Crippen LogP contribution in [0, 0.1) is 12.3 Å². The summed E-state index contributed by atoms with van der Waals surface area (Å²) in [6.45, 7) is 12.0. The molecule has 0 aliphatic carbocycles. The third-order valence-electron chi connectivity index (χ3n) is 8.56. The number of carbonyl (C=O) groups is 1. The topological polar surface area (TPSA) is 102 Å². The lowest BCUT2D eigenvalue weighted by Crippen LogP contribution is -2.41. The number of aryl methyl sites for hydroxylation is 1. The first-order chi connectivity index (χ1) is 21.0. The monoisotopic (exact) mass is 615 g/mol. The first-order valence-corrected chi connectivity index (χ1v) is 16.2. The van der Waals surface area contributed by atoms with E-state index in [1.54, 1.807) is 11.3 Å². The molecule has 0 saturated carbocycles. The Kier molecular flexibility index (Phi) is 8.24. The number of ether oxygens (including phenoxy) is 2. The fourth-order valence-electron chi connectivity index (χ4n) is 6.17. The van der Waals surface area contributed by atoms with Gasteiger partial charge in [0.25, 0.3) is 0 Å². The van der Waals surface area contributed by atoms with E-state index in [9.17, 15) is 9.90 Å². The number of thiazole rings is 1. The van der Waals surface area contributed by atoms with Crippen LogP contribution >= 0.6 is 11.3 Å². The minimum Gasteiger partial charge on any atom is -0.489 e. The normalized spacial score (nSPS) is 18.5. The molecule has 7 rings (SSSR count). The highest BCUT2D eigenvalue weighted by Crippen LogP contribution is 2.41. The largest absolute Gasteiger partial charge is 0.489 e. The highest BCUT2D eigenvalue weighted by Gasteiger charge is 2.37. The Hall–Kier alpha value is -3.76. The lowest BCUT2D eigenvalue weighted by molar-refractivity contribution is -0.160. The van der Waals surface area contributed by atoms with Crippen molar-refractivity contribution in [3.63, 3.8) is 0 Å². The number of piperidine rings is 1. The molecule has 44 heavy (non-hydrogen) atoms. The van der Waals surface area contributed by atoms with Crippen molar-refractivity contribution >= 4 is 28.8 Å². The van der Waals surface area contributed by atoms with E-state index in [2.05, 4.69) is 30.0 Å². The number of fused-ring (bicyclic) bond motifs is 6. The number of anilines is 1. The van der Waals surface area contributed by atoms with Crippen molar-refractivity contribution in [1.82, 2.24) is 19.6 Å². The second-order valence-corrected chi connectivity index (χ2v) is 14.3. The summed E-state index contributed by atoms with van der Waals surface area (Å²) < 4.78 is 14.2. The summed E-state index contributed by atoms with van der Waals surface area (Å²) in [5.74, 6) is 0.590. The molecule has 1 fully saturated rings. The van der Waals surface area contributed by atoms with Crippen LogP contribution in [0.3, 0.4) is 0 Å². The zero-order valence-corrected chi connectivity index (χ0v) is 27.0. The maximum Gasteiger partial charge on any atom is 0.337 e. The average molecular weight is 616 g/mol. The molecule has 6 heterocycles. The molecule has 0 spiro atoms. The molecule has 4 aromatic rings. The van der Waals surface area contributed by atoms with E-state index in [1.165, 1.54) is 0 Å². The van der Waals surface area contributed by atoms with Crippen molar-refractivity contribution in [2.24, 2.45) is 5.41 Å². The number of nitrogens with zero attached hydrogens (tertiary/aromatic N) is 5. The van der Waals surface area contributed by atoms with Crippen molar-refractivity contribution in [1.29, 1.82) is 0 Å². The fourth-order valence-corrected chi connectivity index (χ4v) is 7.06. The number of rotatable bonds is 3. The number of allylic oxidation sites excluding steroid dienone is 1. The summed E-state index contributed by atoms with van der Waals surface area (Å²) in [7, 11) is 0. The molecule has 6 bridgehead atoms. The number of hydrogen-bond donors (Lipinski definition) is 1. The number of aliphatic carboxylic acids is 1. The highest BCUT2D eigenvalue weighted by atomic mass is 32.1. The van der Waals surface area contributed by atoms with Crippen LogP contribution in [0.4, 0.5) is 5.82 Å². The van der Waals surface area contributed by atoms with E-state index in [1.807, 2.05) is 62.7 Å². The van der Waals surface area contributed by atoms with Gasteiger partial charge in [0.05, 0.1) is 11.2 Å². The molecule has 0 amide bonds. The molecule has 3 aliphatic rings. The summed E-state index contributed by atoms with van der Waals surface area (Å²) in [5, 5.41) is 16.2. The van der Waals surface area contributed by atoms with Gasteiger partial charge in [-0.2, -0.15) is 9.61 Å². The van der Waals surface area contributed by atoms with Crippen LogP contribution in [-0.2, 0) is 16.0 Å². The van der Waals surface area contributed by atoms with E-state index in [0.29, 0.717) is 35.6 Å². The molecule has 9 nitrogen and oxygen atoms in total. The SMILES string of the molecule is Cc1nc2cc3nn2c(c1[C@H](OC(C)(C)C)C(=O)O)N1CCC(C)(CC/C=C/COc2ccccc2Cc2cnc-3s2)CC1. The molecule has 0 radical (unpaired) electrons. The van der Waals surface area contributed by atoms with Crippen LogP contribution in [-0.4, -0.2) is 56.0 Å². The Labute approximate surface area is 262 Å². The van der Waals surface area contributed by atoms with Crippen LogP contribution in [0.5, 0.6) is 5.75 Å². The van der Waals surface area contributed by atoms with Crippen LogP contribution in [0.25, 0.3) is 16.3 Å². The Morgan fingerprint density at radius 1 is 1.16 bits per heavy atom. The van der Waals surface area contributed by atoms with E-state index in [4.69, 9.17) is 24.5 Å². The van der Waals surface area contributed by atoms with E-state index in [0.717, 1.165) is 65.8 Å². The number of carboxylic acids is 1. The van der Waals surface area contributed by atoms with Crippen LogP contribution in [0.2, 0.25) is 0 Å². The summed E-state index contributed by atoms with van der Waals surface area (Å²) in [4.78, 5) is 25.7. The first kappa shape index (κ1) is 30.3. The Balaban J connectivity index is 1.49. The van der Waals surface area contributed by atoms with Crippen LogP contribution in [0.1, 0.15) is 81.2 Å². The number of benzene rings is 1. The second-order valence-electron chi connectivity index (χ2n) is 13.2. The third kappa shape index (κ3) is 6.37. The van der Waals surface area contributed by atoms with Gasteiger partial charge in [0.2, 0.25) is 0 Å². The van der Waals surface area contributed by atoms with E-state index >= 15 is 0 Å². The van der Waals surface area contributed by atoms with Gasteiger partial charge in [0.1, 0.15) is 28.9 Å². The Morgan fingerprint density at radius 3 is 2.68 bits per heavy atom. The molecule has 1 atom stereocenters. The maximum absolute atomic E-state index is 12.7. The molecule has 232 valence electrons. The van der Waals surface area contributed by atoms with E-state index < -0.39 is 17.7 Å². The smallest absolute Gasteiger partial charge is 0.337 e. The van der Waals surface area contributed by atoms with Gasteiger partial charge in [-0.15, -0.1) is 11.3 Å². The molecule has 0 unspecified atom stereocenters. The zero-order valence-electron chi connectivity index (χ0n) is 26.2. The van der Waals surface area contributed by atoms with Crippen molar-refractivity contribution in [2.75, 3.05) is 24.6 Å². The van der Waals surface area contributed by atoms with Gasteiger partial charge in [-0.1, -0.05) is 37.3 Å². The van der Waals surface area contributed by atoms with Crippen molar-refractivity contribution in [3.8, 4) is 16.5 Å². The quantitative estimate of drug-likeness (QED) is 0.245. The minimum absolute atomic E-state index is 0.178. The molecule has 3 aromatic heterocycles. The standard InChI is InChI=1S/C34H41N5O4S/c1-22-28(29(32(40)41)43-33(2,3)4)31-38-16-14-34(5,15-17-38)13-9-6-10-18-42-26-12-8-7-11-23(26)19-24-21-35-30(44-24)25-20-27(36-22)39(31)37-25/h6-8,10-12,20-21,29H,9,13-19H2,1-5H3,(H,40,41)/b10-6+/t29-/m0/s1. The number of carboxylic acid groups (broad SMARTS) is 1. The van der Waals surface area contributed by atoms with Crippen molar-refractivity contribution in [2.45, 2.75) is 78.4 Å². The summed E-state index contributed by atoms with van der Waals surface area (Å²) >= 11 is 1.59. The molecule has 1 N–H and O–H groups in total. The molecule has 10 heteroatoms. The van der Waals surface area contributed by atoms with Crippen LogP contribution < -0.4 is 9.64 Å². The summed E-state index contributed by atoms with van der Waals surface area (Å²) in [6, 6.07) is 10.1. The van der Waals surface area contributed by atoms with E-state index in [-0.39, 0.29) is 5.41 Å². The second kappa shape index (κ2) is 12.0. The summed E-state index contributed by atoms with van der Waals surface area (Å²) in [5.41, 5.74) is 3.17. The molecule has 1 aromatic carbocycles. The third-order valence-corrected chi connectivity index (χ3v) is 9.58. The highest BCUT2D eigenvalue weighted by molar-refractivity contribution is 7.15. The lowest BCUT2D eigenvalue weighted by Gasteiger charge is -2.41. The first-order valence-electron chi connectivity index (χ1n) is 15.4. The van der Waals surface area contributed by atoms with Crippen molar-refractivity contribution in [3.05, 3.63) is 70.4 Å². The molecule has 1 saturated heterocycles. The average Bonchev–Trinajstić information content (AvgIpc) is 3.60. The Morgan fingerprint density at radius 2 is 1.93 bits per heavy atom. The summed E-state index contributed by atoms with van der Waals surface area (Å²) in [6.07, 6.45) is 9.79. The van der Waals surface area contributed by atoms with Gasteiger partial charge in [-0.25, -0.2) is 14.8 Å².